The van der Waals surface area contributed by atoms with Gasteiger partial charge in [0.05, 0.1) is 0 Å². The highest BCUT2D eigenvalue weighted by Gasteiger charge is 2.34. The molecule has 1 amide bonds. The molecule has 0 aromatic rings. The topological polar surface area (TPSA) is 53.6 Å². The van der Waals surface area contributed by atoms with Gasteiger partial charge in [0.25, 0.3) is 0 Å². The van der Waals surface area contributed by atoms with Crippen molar-refractivity contribution in [2.45, 2.75) is 70.6 Å². The summed E-state index contributed by atoms with van der Waals surface area (Å²) in [4.78, 5) is 14.1. The summed E-state index contributed by atoms with van der Waals surface area (Å²) >= 11 is 0. The van der Waals surface area contributed by atoms with Crippen LogP contribution < -0.4 is 10.6 Å². The number of rotatable bonds is 6. The SMILES string of the molecule is CC(C)(C)OC(=O)N(CCNCC1CCCCN1)C1CC1. The molecule has 0 radical (unpaired) electrons. The average Bonchev–Trinajstić information content (AvgIpc) is 3.22. The van der Waals surface area contributed by atoms with E-state index in [0.29, 0.717) is 12.1 Å². The molecular formula is C16H31N3O2. The zero-order chi connectivity index (χ0) is 15.3. The van der Waals surface area contributed by atoms with Crippen molar-refractivity contribution in [2.75, 3.05) is 26.2 Å². The van der Waals surface area contributed by atoms with E-state index < -0.39 is 5.60 Å². The average molecular weight is 297 g/mol. The summed E-state index contributed by atoms with van der Waals surface area (Å²) in [5.41, 5.74) is -0.413. The van der Waals surface area contributed by atoms with Crippen molar-refractivity contribution in [1.82, 2.24) is 15.5 Å². The van der Waals surface area contributed by atoms with Crippen molar-refractivity contribution in [1.29, 1.82) is 0 Å². The molecular weight excluding hydrogens is 266 g/mol. The monoisotopic (exact) mass is 297 g/mol. The molecule has 2 aliphatic rings. The Morgan fingerprint density at radius 2 is 2.05 bits per heavy atom. The van der Waals surface area contributed by atoms with Crippen LogP contribution in [0.3, 0.4) is 0 Å². The number of nitrogens with zero attached hydrogens (tertiary/aromatic N) is 1. The van der Waals surface area contributed by atoms with E-state index >= 15 is 0 Å². The molecule has 1 heterocycles. The number of amides is 1. The normalized spacial score (nSPS) is 22.9. The Morgan fingerprint density at radius 1 is 1.29 bits per heavy atom. The first kappa shape index (κ1) is 16.6. The molecule has 0 bridgehead atoms. The minimum absolute atomic E-state index is 0.164. The predicted molar refractivity (Wildman–Crippen MR) is 84.5 cm³/mol. The Labute approximate surface area is 128 Å². The van der Waals surface area contributed by atoms with Crippen LogP contribution in [0.5, 0.6) is 0 Å². The zero-order valence-corrected chi connectivity index (χ0v) is 13.8. The smallest absolute Gasteiger partial charge is 0.410 e. The molecule has 21 heavy (non-hydrogen) atoms. The van der Waals surface area contributed by atoms with Crippen LogP contribution in [0.2, 0.25) is 0 Å². The maximum atomic E-state index is 12.2. The highest BCUT2D eigenvalue weighted by atomic mass is 16.6. The fraction of sp³-hybridized carbons (Fsp3) is 0.938. The molecule has 1 saturated heterocycles. The number of hydrogen-bond acceptors (Lipinski definition) is 4. The van der Waals surface area contributed by atoms with Crippen molar-refractivity contribution < 1.29 is 9.53 Å². The molecule has 1 aliphatic carbocycles. The van der Waals surface area contributed by atoms with Crippen LogP contribution in [0.1, 0.15) is 52.9 Å². The van der Waals surface area contributed by atoms with E-state index in [0.717, 1.165) is 39.0 Å². The van der Waals surface area contributed by atoms with Gasteiger partial charge in [-0.2, -0.15) is 0 Å². The van der Waals surface area contributed by atoms with Gasteiger partial charge in [0.2, 0.25) is 0 Å². The quantitative estimate of drug-likeness (QED) is 0.737. The highest BCUT2D eigenvalue weighted by molar-refractivity contribution is 5.69. The number of ether oxygens (including phenoxy) is 1. The summed E-state index contributed by atoms with van der Waals surface area (Å²) in [6.45, 7) is 9.47. The Kier molecular flexibility index (Phi) is 5.88. The van der Waals surface area contributed by atoms with Gasteiger partial charge < -0.3 is 20.3 Å². The lowest BCUT2D eigenvalue weighted by molar-refractivity contribution is 0.0236. The Bertz CT molecular complexity index is 331. The van der Waals surface area contributed by atoms with E-state index in [1.807, 2.05) is 25.7 Å². The van der Waals surface area contributed by atoms with Crippen LogP contribution in [0, 0.1) is 0 Å². The number of nitrogens with one attached hydrogen (secondary N) is 2. The lowest BCUT2D eigenvalue weighted by Crippen LogP contribution is -2.45. The first-order valence-electron chi connectivity index (χ1n) is 8.39. The second-order valence-electron chi connectivity index (χ2n) is 7.26. The van der Waals surface area contributed by atoms with E-state index in [1.165, 1.54) is 19.3 Å². The predicted octanol–water partition coefficient (Wildman–Crippen LogP) is 2.12. The van der Waals surface area contributed by atoms with Gasteiger partial charge >= 0.3 is 6.09 Å². The van der Waals surface area contributed by atoms with E-state index in [4.69, 9.17) is 4.74 Å². The summed E-state index contributed by atoms with van der Waals surface area (Å²) in [5, 5.41) is 7.00. The summed E-state index contributed by atoms with van der Waals surface area (Å²) in [7, 11) is 0. The van der Waals surface area contributed by atoms with Crippen molar-refractivity contribution in [3.63, 3.8) is 0 Å². The molecule has 1 unspecified atom stereocenters. The van der Waals surface area contributed by atoms with Gasteiger partial charge in [-0.1, -0.05) is 6.42 Å². The molecule has 0 aromatic carbocycles. The standard InChI is InChI=1S/C16H31N3O2/c1-16(2,3)21-15(20)19(14-7-8-14)11-10-17-12-13-6-4-5-9-18-13/h13-14,17-18H,4-12H2,1-3H3. The van der Waals surface area contributed by atoms with Gasteiger partial charge in [0, 0.05) is 31.7 Å². The lowest BCUT2D eigenvalue weighted by Gasteiger charge is -2.28. The van der Waals surface area contributed by atoms with Crippen molar-refractivity contribution in [3.8, 4) is 0 Å². The van der Waals surface area contributed by atoms with Crippen molar-refractivity contribution >= 4 is 6.09 Å². The second-order valence-corrected chi connectivity index (χ2v) is 7.26. The molecule has 0 spiro atoms. The van der Waals surface area contributed by atoms with E-state index in [1.54, 1.807) is 0 Å². The van der Waals surface area contributed by atoms with Gasteiger partial charge in [0.15, 0.2) is 0 Å². The molecule has 5 nitrogen and oxygen atoms in total. The first-order chi connectivity index (χ1) is 9.96. The molecule has 2 fully saturated rings. The minimum atomic E-state index is -0.413. The largest absolute Gasteiger partial charge is 0.444 e. The second kappa shape index (κ2) is 7.45. The summed E-state index contributed by atoms with van der Waals surface area (Å²) < 4.78 is 5.50. The van der Waals surface area contributed by atoms with Crippen molar-refractivity contribution in [3.05, 3.63) is 0 Å². The minimum Gasteiger partial charge on any atom is -0.444 e. The summed E-state index contributed by atoms with van der Waals surface area (Å²) in [5.74, 6) is 0. The van der Waals surface area contributed by atoms with Gasteiger partial charge in [-0.15, -0.1) is 0 Å². The van der Waals surface area contributed by atoms with Crippen LogP contribution in [-0.4, -0.2) is 54.9 Å². The molecule has 122 valence electrons. The third kappa shape index (κ3) is 6.22. The molecule has 1 aliphatic heterocycles. The number of hydrogen-bond donors (Lipinski definition) is 2. The molecule has 5 heteroatoms. The zero-order valence-electron chi connectivity index (χ0n) is 13.8. The number of carbonyl (C=O) groups is 1. The molecule has 2 N–H and O–H groups in total. The first-order valence-corrected chi connectivity index (χ1v) is 8.39. The molecule has 1 atom stereocenters. The van der Waals surface area contributed by atoms with Crippen LogP contribution >= 0.6 is 0 Å². The molecule has 2 rings (SSSR count). The number of carbonyl (C=O) groups excluding carboxylic acids is 1. The summed E-state index contributed by atoms with van der Waals surface area (Å²) in [6.07, 6.45) is 5.94. The van der Waals surface area contributed by atoms with Gasteiger partial charge in [-0.3, -0.25) is 0 Å². The van der Waals surface area contributed by atoms with Crippen LogP contribution in [0.25, 0.3) is 0 Å². The Morgan fingerprint density at radius 3 is 2.62 bits per heavy atom. The van der Waals surface area contributed by atoms with Crippen LogP contribution in [-0.2, 0) is 4.74 Å². The van der Waals surface area contributed by atoms with Gasteiger partial charge in [-0.05, 0) is 53.0 Å². The maximum absolute atomic E-state index is 12.2. The highest BCUT2D eigenvalue weighted by Crippen LogP contribution is 2.28. The fourth-order valence-corrected chi connectivity index (χ4v) is 2.70. The third-order valence-electron chi connectivity index (χ3n) is 3.95. The number of piperidine rings is 1. The Hall–Kier alpha value is -0.810. The fourth-order valence-electron chi connectivity index (χ4n) is 2.70. The lowest BCUT2D eigenvalue weighted by atomic mass is 10.1. The van der Waals surface area contributed by atoms with Gasteiger partial charge in [0.1, 0.15) is 5.60 Å². The van der Waals surface area contributed by atoms with Crippen molar-refractivity contribution in [2.24, 2.45) is 0 Å². The molecule has 0 aromatic heterocycles. The van der Waals surface area contributed by atoms with Crippen LogP contribution in [0.15, 0.2) is 0 Å². The van der Waals surface area contributed by atoms with Gasteiger partial charge in [-0.25, -0.2) is 4.79 Å². The Balaban J connectivity index is 1.67. The van der Waals surface area contributed by atoms with E-state index in [2.05, 4.69) is 10.6 Å². The van der Waals surface area contributed by atoms with Crippen LogP contribution in [0.4, 0.5) is 4.79 Å². The molecule has 1 saturated carbocycles. The third-order valence-corrected chi connectivity index (χ3v) is 3.95. The maximum Gasteiger partial charge on any atom is 0.410 e. The van der Waals surface area contributed by atoms with E-state index in [9.17, 15) is 4.79 Å². The van der Waals surface area contributed by atoms with E-state index in [-0.39, 0.29) is 6.09 Å². The summed E-state index contributed by atoms with van der Waals surface area (Å²) in [6, 6.07) is 0.990.